The lowest BCUT2D eigenvalue weighted by molar-refractivity contribution is -0.143. The first-order chi connectivity index (χ1) is 46.0. The topological polar surface area (TPSA) is 95.9 Å². The highest BCUT2D eigenvalue weighted by molar-refractivity contribution is 5.76. The normalized spacial score (nSPS) is 12.6. The van der Waals surface area contributed by atoms with Crippen LogP contribution in [0.2, 0.25) is 0 Å². The van der Waals surface area contributed by atoms with Gasteiger partial charge in [-0.05, 0) is 83.5 Å². The van der Waals surface area contributed by atoms with Crippen LogP contribution in [0.1, 0.15) is 483 Å². The van der Waals surface area contributed by atoms with Crippen molar-refractivity contribution in [3.8, 4) is 0 Å². The third-order valence-electron chi connectivity index (χ3n) is 20.1. The van der Waals surface area contributed by atoms with Gasteiger partial charge in [0.2, 0.25) is 5.91 Å². The van der Waals surface area contributed by atoms with Crippen LogP contribution in [0.5, 0.6) is 0 Å². The summed E-state index contributed by atoms with van der Waals surface area (Å²) < 4.78 is 5.52. The lowest BCUT2D eigenvalue weighted by Crippen LogP contribution is -2.45. The zero-order chi connectivity index (χ0) is 67.0. The van der Waals surface area contributed by atoms with Gasteiger partial charge in [-0.2, -0.15) is 0 Å². The summed E-state index contributed by atoms with van der Waals surface area (Å²) >= 11 is 0. The molecule has 0 aliphatic heterocycles. The van der Waals surface area contributed by atoms with E-state index < -0.39 is 12.1 Å². The van der Waals surface area contributed by atoms with Crippen molar-refractivity contribution in [3.63, 3.8) is 0 Å². The highest BCUT2D eigenvalue weighted by Crippen LogP contribution is 2.20. The Balaban J connectivity index is 3.37. The summed E-state index contributed by atoms with van der Waals surface area (Å²) in [7, 11) is 0. The van der Waals surface area contributed by atoms with Gasteiger partial charge >= 0.3 is 5.97 Å². The monoisotopic (exact) mass is 1310 g/mol. The molecule has 2 unspecified atom stereocenters. The Labute approximate surface area is 583 Å². The summed E-state index contributed by atoms with van der Waals surface area (Å²) in [6.45, 7) is 4.96. The molecule has 1 amide bonds. The molecule has 0 aromatic carbocycles. The Morgan fingerprint density at radius 3 is 0.763 bits per heavy atom. The number of esters is 1. The minimum absolute atomic E-state index is 0.0186. The van der Waals surface area contributed by atoms with E-state index in [0.717, 1.165) is 38.5 Å². The molecule has 0 aliphatic carbocycles. The van der Waals surface area contributed by atoms with E-state index in [0.29, 0.717) is 19.4 Å². The zero-order valence-electron chi connectivity index (χ0n) is 63.3. The maximum absolute atomic E-state index is 12.6. The van der Waals surface area contributed by atoms with E-state index in [2.05, 4.69) is 43.5 Å². The molecule has 6 nitrogen and oxygen atoms in total. The molecule has 0 aliphatic rings. The van der Waals surface area contributed by atoms with Crippen LogP contribution < -0.4 is 5.32 Å². The minimum Gasteiger partial charge on any atom is -0.466 e. The van der Waals surface area contributed by atoms with Gasteiger partial charge in [-0.15, -0.1) is 0 Å². The number of ether oxygens (including phenoxy) is 1. The SMILES string of the molecule is CCCCCCCC/C=C\CCCCCCCCCCCC(=O)OCCCCCCCCCCCCCC/C=C\CCCCCCCCCCCCCCCCCCC(=O)NC(CO)C(O)/C=C/CCCCCCCCCCCCCCCCCCCCCCCCC. The van der Waals surface area contributed by atoms with Crippen molar-refractivity contribution in [2.75, 3.05) is 13.2 Å². The molecule has 550 valence electrons. The number of amides is 1. The van der Waals surface area contributed by atoms with E-state index in [-0.39, 0.29) is 18.5 Å². The van der Waals surface area contributed by atoms with Gasteiger partial charge in [0.05, 0.1) is 25.4 Å². The summed E-state index contributed by atoms with van der Waals surface area (Å²) in [6.07, 6.45) is 109. The molecule has 0 rings (SSSR count). The zero-order valence-corrected chi connectivity index (χ0v) is 63.3. The second-order valence-corrected chi connectivity index (χ2v) is 29.5. The summed E-state index contributed by atoms with van der Waals surface area (Å²) in [5.41, 5.74) is 0. The minimum atomic E-state index is -0.845. The number of unbranched alkanes of at least 4 members (excludes halogenated alkanes) is 66. The van der Waals surface area contributed by atoms with E-state index in [9.17, 15) is 19.8 Å². The Bertz CT molecular complexity index is 1510. The van der Waals surface area contributed by atoms with Gasteiger partial charge in [0.15, 0.2) is 0 Å². The van der Waals surface area contributed by atoms with Crippen molar-refractivity contribution < 1.29 is 24.5 Å². The number of hydrogen-bond acceptors (Lipinski definition) is 5. The van der Waals surface area contributed by atoms with Crippen LogP contribution in [0.25, 0.3) is 0 Å². The fraction of sp³-hybridized carbons (Fsp3) is 0.908. The van der Waals surface area contributed by atoms with Gasteiger partial charge < -0.3 is 20.3 Å². The number of nitrogens with one attached hydrogen (secondary N) is 1. The van der Waals surface area contributed by atoms with Gasteiger partial charge in [0, 0.05) is 12.8 Å². The second-order valence-electron chi connectivity index (χ2n) is 29.5. The molecule has 0 bridgehead atoms. The number of hydrogen-bond donors (Lipinski definition) is 3. The van der Waals surface area contributed by atoms with Crippen LogP contribution in [0.15, 0.2) is 36.5 Å². The molecule has 0 fully saturated rings. The Morgan fingerprint density at radius 1 is 0.290 bits per heavy atom. The maximum Gasteiger partial charge on any atom is 0.305 e. The Morgan fingerprint density at radius 2 is 0.505 bits per heavy atom. The van der Waals surface area contributed by atoms with Crippen LogP contribution in [0.4, 0.5) is 0 Å². The van der Waals surface area contributed by atoms with Crippen molar-refractivity contribution in [2.24, 2.45) is 0 Å². The van der Waals surface area contributed by atoms with Gasteiger partial charge in [-0.25, -0.2) is 0 Å². The molecular weight excluding hydrogens is 1140 g/mol. The smallest absolute Gasteiger partial charge is 0.305 e. The Kier molecular flexibility index (Phi) is 80.8. The molecule has 3 N–H and O–H groups in total. The molecule has 0 spiro atoms. The van der Waals surface area contributed by atoms with E-state index in [1.807, 2.05) is 6.08 Å². The van der Waals surface area contributed by atoms with Gasteiger partial charge in [-0.3, -0.25) is 9.59 Å². The van der Waals surface area contributed by atoms with E-state index in [1.165, 1.54) is 417 Å². The number of rotatable bonds is 81. The highest BCUT2D eigenvalue weighted by Gasteiger charge is 2.18. The first-order valence-corrected chi connectivity index (χ1v) is 42.8. The number of aliphatic hydroxyl groups excluding tert-OH is 2. The van der Waals surface area contributed by atoms with Crippen LogP contribution in [0, 0.1) is 0 Å². The van der Waals surface area contributed by atoms with Crippen LogP contribution in [-0.2, 0) is 14.3 Å². The predicted octanol–water partition coefficient (Wildman–Crippen LogP) is 28.6. The van der Waals surface area contributed by atoms with Crippen molar-refractivity contribution >= 4 is 11.9 Å². The van der Waals surface area contributed by atoms with E-state index >= 15 is 0 Å². The molecule has 0 heterocycles. The summed E-state index contributed by atoms with van der Waals surface area (Å²) in [6, 6.07) is -0.628. The van der Waals surface area contributed by atoms with E-state index in [1.54, 1.807) is 6.08 Å². The quantitative estimate of drug-likeness (QED) is 0.0320. The maximum atomic E-state index is 12.6. The number of allylic oxidation sites excluding steroid dienone is 5. The molecule has 0 radical (unpaired) electrons. The van der Waals surface area contributed by atoms with Crippen LogP contribution in [-0.4, -0.2) is 47.4 Å². The summed E-state index contributed by atoms with van der Waals surface area (Å²) in [5.74, 6) is -0.0413. The lowest BCUT2D eigenvalue weighted by Gasteiger charge is -2.20. The molecule has 2 atom stereocenters. The van der Waals surface area contributed by atoms with Gasteiger partial charge in [-0.1, -0.05) is 423 Å². The third-order valence-corrected chi connectivity index (χ3v) is 20.1. The highest BCUT2D eigenvalue weighted by atomic mass is 16.5. The third kappa shape index (κ3) is 79.0. The average Bonchev–Trinajstić information content (AvgIpc) is 3.78. The molecule has 93 heavy (non-hydrogen) atoms. The van der Waals surface area contributed by atoms with E-state index in [4.69, 9.17) is 4.74 Å². The Hall–Kier alpha value is -1.92. The molecule has 0 saturated carbocycles. The van der Waals surface area contributed by atoms with Crippen molar-refractivity contribution in [2.45, 2.75) is 495 Å². The largest absolute Gasteiger partial charge is 0.466 e. The van der Waals surface area contributed by atoms with Crippen molar-refractivity contribution in [1.82, 2.24) is 5.32 Å². The second kappa shape index (κ2) is 82.5. The molecular formula is C87H167NO5. The van der Waals surface area contributed by atoms with Crippen LogP contribution >= 0.6 is 0 Å². The van der Waals surface area contributed by atoms with Gasteiger partial charge in [0.25, 0.3) is 0 Å². The van der Waals surface area contributed by atoms with Crippen molar-refractivity contribution in [3.05, 3.63) is 36.5 Å². The van der Waals surface area contributed by atoms with Crippen LogP contribution in [0.3, 0.4) is 0 Å². The predicted molar refractivity (Wildman–Crippen MR) is 412 cm³/mol. The number of carbonyl (C=O) groups excluding carboxylic acids is 2. The summed E-state index contributed by atoms with van der Waals surface area (Å²) in [5, 5.41) is 23.3. The lowest BCUT2D eigenvalue weighted by atomic mass is 10.0. The summed E-state index contributed by atoms with van der Waals surface area (Å²) in [4.78, 5) is 24.7. The molecule has 0 aromatic heterocycles. The van der Waals surface area contributed by atoms with Crippen molar-refractivity contribution in [1.29, 1.82) is 0 Å². The first-order valence-electron chi connectivity index (χ1n) is 42.8. The first kappa shape index (κ1) is 91.1. The fourth-order valence-corrected chi connectivity index (χ4v) is 13.6. The average molecular weight is 1310 g/mol. The molecule has 6 heteroatoms. The standard InChI is InChI=1S/C87H167NO5/c1-3-5-7-9-11-13-15-17-19-21-23-24-25-34-37-40-44-47-51-55-59-63-67-71-75-79-85(90)84(83-89)88-86(91)80-76-72-68-64-60-56-52-48-45-41-38-35-32-30-28-26-27-29-31-33-36-39-42-46-50-54-58-62-66-70-74-78-82-93-87(92)81-77-73-69-65-61-57-53-49-43-22-20-18-16-14-12-10-8-6-4-2/h18,20,29,31,75,79,84-85,89-90H,3-17,19,21-28,30,32-74,76-78,80-83H2,1-2H3,(H,88,91)/b20-18-,31-29-,79-75+. The molecule has 0 saturated heterocycles. The fourth-order valence-electron chi connectivity index (χ4n) is 13.6. The molecule has 0 aromatic rings. The van der Waals surface area contributed by atoms with Gasteiger partial charge in [0.1, 0.15) is 0 Å². The number of aliphatic hydroxyl groups is 2. The number of carbonyl (C=O) groups is 2.